The molecule has 1 rings (SSSR count). The molecule has 0 saturated heterocycles. The van der Waals surface area contributed by atoms with Crippen LogP contribution in [0.2, 0.25) is 0 Å². The normalized spacial score (nSPS) is 11.5. The van der Waals surface area contributed by atoms with Gasteiger partial charge in [0, 0.05) is 0 Å². The van der Waals surface area contributed by atoms with E-state index in [9.17, 15) is 22.4 Å². The van der Waals surface area contributed by atoms with E-state index in [4.69, 9.17) is 0 Å². The Kier molecular flexibility index (Phi) is 4.15. The largest absolute Gasteiger partial charge is 0.385 e. The smallest absolute Gasteiger partial charge is 0.298 e. The van der Waals surface area contributed by atoms with Crippen LogP contribution in [0.4, 0.5) is 23.2 Å². The van der Waals surface area contributed by atoms with Crippen molar-refractivity contribution in [2.75, 3.05) is 5.43 Å². The first-order valence-electron chi connectivity index (χ1n) is 5.05. The van der Waals surface area contributed by atoms with Gasteiger partial charge in [0.15, 0.2) is 0 Å². The molecular weight excluding hydrogens is 252 g/mol. The summed E-state index contributed by atoms with van der Waals surface area (Å²) in [7, 11) is 0. The van der Waals surface area contributed by atoms with E-state index in [1.807, 2.05) is 6.92 Å². The summed E-state index contributed by atoms with van der Waals surface area (Å²) >= 11 is 0. The molecule has 0 radical (unpaired) electrons. The molecule has 0 aliphatic carbocycles. The van der Waals surface area contributed by atoms with E-state index in [0.29, 0.717) is 11.3 Å². The average Bonchev–Trinajstić information content (AvgIpc) is 2.27. The summed E-state index contributed by atoms with van der Waals surface area (Å²) in [4.78, 5) is 10.9. The molecule has 1 aromatic rings. The maximum absolute atomic E-state index is 12.6. The van der Waals surface area contributed by atoms with Crippen LogP contribution in [-0.4, -0.2) is 18.3 Å². The van der Waals surface area contributed by atoms with Gasteiger partial charge >= 0.3 is 18.3 Å². The first-order chi connectivity index (χ1) is 8.25. The number of anilines is 1. The Morgan fingerprint density at radius 3 is 2.39 bits per heavy atom. The van der Waals surface area contributed by atoms with Crippen LogP contribution < -0.4 is 10.9 Å². The third kappa shape index (κ3) is 3.12. The van der Waals surface area contributed by atoms with E-state index in [-0.39, 0.29) is 0 Å². The Bertz CT molecular complexity index is 449. The van der Waals surface area contributed by atoms with Gasteiger partial charge in [0.25, 0.3) is 0 Å². The Hall–Kier alpha value is -1.79. The summed E-state index contributed by atoms with van der Waals surface area (Å²) in [5.41, 5.74) is 5.75. The second kappa shape index (κ2) is 5.24. The summed E-state index contributed by atoms with van der Waals surface area (Å²) in [6.07, 6.45) is -4.04. The molecule has 3 nitrogen and oxygen atoms in total. The van der Waals surface area contributed by atoms with Crippen LogP contribution in [0.15, 0.2) is 18.2 Å². The minimum absolute atomic E-state index is 0.360. The van der Waals surface area contributed by atoms with E-state index in [0.717, 1.165) is 5.56 Å². The summed E-state index contributed by atoms with van der Waals surface area (Å²) in [5.74, 6) is -6.79. The van der Waals surface area contributed by atoms with Gasteiger partial charge in [-0.25, -0.2) is 8.78 Å². The van der Waals surface area contributed by atoms with Crippen molar-refractivity contribution in [3.8, 4) is 0 Å². The number of amides is 1. The lowest BCUT2D eigenvalue weighted by Crippen LogP contribution is -2.47. The molecule has 2 N–H and O–H groups in total. The van der Waals surface area contributed by atoms with Crippen molar-refractivity contribution in [1.82, 2.24) is 5.43 Å². The maximum Gasteiger partial charge on any atom is 0.385 e. The first kappa shape index (κ1) is 14.3. The van der Waals surface area contributed by atoms with Crippen LogP contribution in [0.25, 0.3) is 0 Å². The van der Waals surface area contributed by atoms with Crippen molar-refractivity contribution < 1.29 is 22.4 Å². The van der Waals surface area contributed by atoms with Crippen LogP contribution in [0.5, 0.6) is 0 Å². The van der Waals surface area contributed by atoms with Crippen LogP contribution in [0.1, 0.15) is 11.1 Å². The molecule has 7 heteroatoms. The van der Waals surface area contributed by atoms with Gasteiger partial charge in [-0.3, -0.25) is 15.6 Å². The number of alkyl halides is 4. The summed E-state index contributed by atoms with van der Waals surface area (Å²) < 4.78 is 49.0. The standard InChI is InChI=1S/C11H12F4N2O/c1-6-3-4-8(7(2)5-6)16-17-10(18)11(14,15)9(12)13/h3-5,9,16H,1-2H3,(H,17,18). The van der Waals surface area contributed by atoms with Gasteiger partial charge in [0.1, 0.15) is 0 Å². The van der Waals surface area contributed by atoms with Gasteiger partial charge in [-0.2, -0.15) is 8.78 Å². The highest BCUT2D eigenvalue weighted by atomic mass is 19.3. The quantitative estimate of drug-likeness (QED) is 0.648. The van der Waals surface area contributed by atoms with E-state index in [1.54, 1.807) is 30.5 Å². The van der Waals surface area contributed by atoms with Gasteiger partial charge in [-0.1, -0.05) is 17.7 Å². The minimum Gasteiger partial charge on any atom is -0.298 e. The van der Waals surface area contributed by atoms with Crippen LogP contribution in [-0.2, 0) is 4.79 Å². The fourth-order valence-electron chi connectivity index (χ4n) is 1.26. The number of rotatable bonds is 4. The fraction of sp³-hybridized carbons (Fsp3) is 0.364. The number of halogens is 4. The number of hydrogen-bond donors (Lipinski definition) is 2. The Balaban J connectivity index is 2.69. The molecule has 0 heterocycles. The van der Waals surface area contributed by atoms with Crippen molar-refractivity contribution in [2.45, 2.75) is 26.2 Å². The highest BCUT2D eigenvalue weighted by Crippen LogP contribution is 2.23. The highest BCUT2D eigenvalue weighted by molar-refractivity contribution is 5.85. The summed E-state index contributed by atoms with van der Waals surface area (Å²) in [6.45, 7) is 3.52. The molecule has 1 amide bonds. The van der Waals surface area contributed by atoms with Gasteiger partial charge in [-0.15, -0.1) is 0 Å². The van der Waals surface area contributed by atoms with Crippen molar-refractivity contribution in [2.24, 2.45) is 0 Å². The molecule has 0 bridgehead atoms. The van der Waals surface area contributed by atoms with Crippen molar-refractivity contribution >= 4 is 11.6 Å². The van der Waals surface area contributed by atoms with Crippen LogP contribution in [0.3, 0.4) is 0 Å². The molecule has 0 spiro atoms. The number of benzene rings is 1. The zero-order valence-electron chi connectivity index (χ0n) is 9.73. The number of carbonyl (C=O) groups excluding carboxylic acids is 1. The molecule has 0 aliphatic heterocycles. The number of aryl methyl sites for hydroxylation is 2. The van der Waals surface area contributed by atoms with E-state index in [1.165, 1.54) is 0 Å². The summed E-state index contributed by atoms with van der Waals surface area (Å²) in [5, 5.41) is 0. The van der Waals surface area contributed by atoms with Crippen molar-refractivity contribution in [1.29, 1.82) is 0 Å². The fourth-order valence-corrected chi connectivity index (χ4v) is 1.26. The average molecular weight is 264 g/mol. The lowest BCUT2D eigenvalue weighted by Gasteiger charge is -2.16. The first-order valence-corrected chi connectivity index (χ1v) is 5.05. The number of hydrazine groups is 1. The molecule has 0 fully saturated rings. The molecular formula is C11H12F4N2O. The lowest BCUT2D eigenvalue weighted by molar-refractivity contribution is -0.168. The van der Waals surface area contributed by atoms with Crippen LogP contribution in [0, 0.1) is 13.8 Å². The van der Waals surface area contributed by atoms with E-state index in [2.05, 4.69) is 5.43 Å². The topological polar surface area (TPSA) is 41.1 Å². The van der Waals surface area contributed by atoms with Crippen molar-refractivity contribution in [3.63, 3.8) is 0 Å². The van der Waals surface area contributed by atoms with Crippen LogP contribution >= 0.6 is 0 Å². The van der Waals surface area contributed by atoms with Crippen molar-refractivity contribution in [3.05, 3.63) is 29.3 Å². The number of nitrogens with one attached hydrogen (secondary N) is 2. The molecule has 1 aromatic carbocycles. The Morgan fingerprint density at radius 2 is 1.89 bits per heavy atom. The third-order valence-corrected chi connectivity index (χ3v) is 2.27. The Morgan fingerprint density at radius 1 is 1.28 bits per heavy atom. The molecule has 0 atom stereocenters. The zero-order valence-corrected chi connectivity index (χ0v) is 9.73. The second-order valence-electron chi connectivity index (χ2n) is 3.82. The second-order valence-corrected chi connectivity index (χ2v) is 3.82. The van der Waals surface area contributed by atoms with Gasteiger partial charge in [-0.05, 0) is 25.5 Å². The third-order valence-electron chi connectivity index (χ3n) is 2.27. The van der Waals surface area contributed by atoms with E-state index < -0.39 is 18.3 Å². The molecule has 0 saturated carbocycles. The summed E-state index contributed by atoms with van der Waals surface area (Å²) in [6, 6.07) is 4.98. The van der Waals surface area contributed by atoms with E-state index >= 15 is 0 Å². The molecule has 100 valence electrons. The SMILES string of the molecule is Cc1ccc(NNC(=O)C(F)(F)C(F)F)c(C)c1. The minimum atomic E-state index is -4.72. The Labute approximate surface area is 101 Å². The highest BCUT2D eigenvalue weighted by Gasteiger charge is 2.49. The van der Waals surface area contributed by atoms with Gasteiger partial charge in [0.05, 0.1) is 5.69 Å². The lowest BCUT2D eigenvalue weighted by atomic mass is 10.1. The number of carbonyl (C=O) groups is 1. The maximum atomic E-state index is 12.6. The number of hydrogen-bond acceptors (Lipinski definition) is 2. The predicted octanol–water partition coefficient (Wildman–Crippen LogP) is 2.65. The van der Waals surface area contributed by atoms with Gasteiger partial charge in [0.2, 0.25) is 0 Å². The molecule has 0 unspecified atom stereocenters. The molecule has 0 aliphatic rings. The predicted molar refractivity (Wildman–Crippen MR) is 58.6 cm³/mol. The monoisotopic (exact) mass is 264 g/mol. The molecule has 0 aromatic heterocycles. The molecule has 18 heavy (non-hydrogen) atoms. The van der Waals surface area contributed by atoms with Gasteiger partial charge < -0.3 is 0 Å². The zero-order chi connectivity index (χ0) is 13.9.